The van der Waals surface area contributed by atoms with Gasteiger partial charge in [-0.25, -0.2) is 9.97 Å². The summed E-state index contributed by atoms with van der Waals surface area (Å²) in [4.78, 5) is 36.9. The summed E-state index contributed by atoms with van der Waals surface area (Å²) in [6, 6.07) is 16.8. The third-order valence-corrected chi connectivity index (χ3v) is 7.16. The third-order valence-electron chi connectivity index (χ3n) is 5.20. The maximum absolute atomic E-state index is 13.4. The number of nitrogens with zero attached hydrogens (tertiary/aromatic N) is 3. The lowest BCUT2D eigenvalue weighted by Gasteiger charge is -2.14. The highest BCUT2D eigenvalue weighted by Crippen LogP contribution is 2.35. The first kappa shape index (κ1) is 19.6. The molecule has 3 heterocycles. The van der Waals surface area contributed by atoms with Crippen LogP contribution in [0.15, 0.2) is 65.7 Å². The molecule has 0 aliphatic carbocycles. The molecule has 6 nitrogen and oxygen atoms in total. The normalized spacial score (nSPS) is 12.3. The average Bonchev–Trinajstić information content (AvgIpc) is 3.34. The number of thiophene rings is 1. The Balaban J connectivity index is 1.52. The van der Waals surface area contributed by atoms with Crippen LogP contribution in [0.2, 0.25) is 0 Å². The van der Waals surface area contributed by atoms with Crippen LogP contribution in [0.4, 0.5) is 5.13 Å². The van der Waals surface area contributed by atoms with E-state index in [1.54, 1.807) is 6.92 Å². The van der Waals surface area contributed by atoms with Gasteiger partial charge in [0.25, 0.3) is 5.56 Å². The van der Waals surface area contributed by atoms with Crippen LogP contribution in [0.1, 0.15) is 17.8 Å². The molecule has 1 N–H and O–H groups in total. The van der Waals surface area contributed by atoms with Crippen LogP contribution in [0.3, 0.4) is 0 Å². The molecule has 0 spiro atoms. The Morgan fingerprint density at radius 1 is 1.06 bits per heavy atom. The topological polar surface area (TPSA) is 76.9 Å². The van der Waals surface area contributed by atoms with E-state index in [1.165, 1.54) is 33.6 Å². The highest BCUT2D eigenvalue weighted by Gasteiger charge is 2.22. The second-order valence-corrected chi connectivity index (χ2v) is 9.42. The van der Waals surface area contributed by atoms with Gasteiger partial charge in [-0.05, 0) is 31.5 Å². The zero-order valence-electron chi connectivity index (χ0n) is 16.8. The van der Waals surface area contributed by atoms with Crippen molar-refractivity contribution in [3.63, 3.8) is 0 Å². The minimum atomic E-state index is -0.736. The smallest absolute Gasteiger partial charge is 0.263 e. The standard InChI is InChI=1S/C23H18N4O2S2/c1-13(20(28)26-23-25-16-10-6-7-11-17(16)31-23)27-12-24-21-19(22(27)29)18(14(2)30-21)15-8-4-3-5-9-15/h3-13H,1-2H3,(H,25,26,28). The number of benzene rings is 2. The van der Waals surface area contributed by atoms with Gasteiger partial charge in [-0.15, -0.1) is 11.3 Å². The number of amides is 1. The summed E-state index contributed by atoms with van der Waals surface area (Å²) < 4.78 is 2.39. The Hall–Kier alpha value is -3.36. The molecule has 0 aliphatic heterocycles. The van der Waals surface area contributed by atoms with Crippen molar-refractivity contribution in [2.24, 2.45) is 0 Å². The minimum Gasteiger partial charge on any atom is -0.300 e. The molecule has 0 saturated carbocycles. The first-order valence-corrected chi connectivity index (χ1v) is 11.4. The quantitative estimate of drug-likeness (QED) is 0.409. The van der Waals surface area contributed by atoms with Gasteiger partial charge in [-0.2, -0.15) is 0 Å². The molecule has 8 heteroatoms. The van der Waals surface area contributed by atoms with Crippen LogP contribution >= 0.6 is 22.7 Å². The molecule has 1 atom stereocenters. The van der Waals surface area contributed by atoms with Crippen molar-refractivity contribution >= 4 is 54.1 Å². The Labute approximate surface area is 185 Å². The zero-order chi connectivity index (χ0) is 21.5. The molecular formula is C23H18N4O2S2. The molecule has 5 aromatic rings. The number of aryl methyl sites for hydroxylation is 1. The predicted octanol–water partition coefficient (Wildman–Crippen LogP) is 5.24. The summed E-state index contributed by atoms with van der Waals surface area (Å²) in [5, 5.41) is 3.90. The van der Waals surface area contributed by atoms with Crippen molar-refractivity contribution in [3.8, 4) is 11.1 Å². The Morgan fingerprint density at radius 3 is 2.58 bits per heavy atom. The van der Waals surface area contributed by atoms with Crippen LogP contribution in [0.5, 0.6) is 0 Å². The molecule has 1 unspecified atom stereocenters. The van der Waals surface area contributed by atoms with Gasteiger partial charge >= 0.3 is 0 Å². The summed E-state index contributed by atoms with van der Waals surface area (Å²) in [5.74, 6) is -0.310. The highest BCUT2D eigenvalue weighted by molar-refractivity contribution is 7.22. The zero-order valence-corrected chi connectivity index (χ0v) is 18.5. The van der Waals surface area contributed by atoms with E-state index in [-0.39, 0.29) is 11.5 Å². The second-order valence-electron chi connectivity index (χ2n) is 7.19. The van der Waals surface area contributed by atoms with E-state index < -0.39 is 6.04 Å². The fourth-order valence-corrected chi connectivity index (χ4v) is 5.48. The van der Waals surface area contributed by atoms with E-state index in [0.29, 0.717) is 15.3 Å². The van der Waals surface area contributed by atoms with Crippen LogP contribution in [0.25, 0.3) is 31.6 Å². The van der Waals surface area contributed by atoms with Crippen LogP contribution in [0, 0.1) is 6.92 Å². The molecule has 5 rings (SSSR count). The van der Waals surface area contributed by atoms with Gasteiger partial charge in [-0.3, -0.25) is 14.2 Å². The lowest BCUT2D eigenvalue weighted by atomic mass is 10.0. The van der Waals surface area contributed by atoms with Crippen molar-refractivity contribution in [1.82, 2.24) is 14.5 Å². The van der Waals surface area contributed by atoms with Gasteiger partial charge in [0.15, 0.2) is 5.13 Å². The molecule has 31 heavy (non-hydrogen) atoms. The van der Waals surface area contributed by atoms with Gasteiger partial charge in [-0.1, -0.05) is 53.8 Å². The number of anilines is 1. The maximum Gasteiger partial charge on any atom is 0.263 e. The lowest BCUT2D eigenvalue weighted by Crippen LogP contribution is -2.31. The predicted molar refractivity (Wildman–Crippen MR) is 127 cm³/mol. The number of aromatic nitrogens is 3. The number of nitrogens with one attached hydrogen (secondary N) is 1. The number of thiazole rings is 1. The first-order valence-electron chi connectivity index (χ1n) is 9.75. The molecule has 0 bridgehead atoms. The van der Waals surface area contributed by atoms with Crippen molar-refractivity contribution in [2.45, 2.75) is 19.9 Å². The third kappa shape index (κ3) is 3.43. The first-order chi connectivity index (χ1) is 15.0. The largest absolute Gasteiger partial charge is 0.300 e. The average molecular weight is 447 g/mol. The van der Waals surface area contributed by atoms with Gasteiger partial charge in [0.2, 0.25) is 5.91 Å². The fraction of sp³-hybridized carbons (Fsp3) is 0.130. The molecule has 3 aromatic heterocycles. The Kier molecular flexibility index (Phi) is 4.88. The molecule has 0 radical (unpaired) electrons. The van der Waals surface area contributed by atoms with Crippen LogP contribution in [-0.2, 0) is 4.79 Å². The summed E-state index contributed by atoms with van der Waals surface area (Å²) in [7, 11) is 0. The second kappa shape index (κ2) is 7.72. The molecule has 0 aliphatic rings. The molecule has 154 valence electrons. The van der Waals surface area contributed by atoms with E-state index in [9.17, 15) is 9.59 Å². The van der Waals surface area contributed by atoms with Crippen molar-refractivity contribution in [1.29, 1.82) is 0 Å². The molecule has 0 saturated heterocycles. The molecular weight excluding hydrogens is 428 g/mol. The van der Waals surface area contributed by atoms with E-state index in [1.807, 2.05) is 61.5 Å². The van der Waals surface area contributed by atoms with E-state index >= 15 is 0 Å². The van der Waals surface area contributed by atoms with Gasteiger partial charge < -0.3 is 5.32 Å². The SMILES string of the molecule is Cc1sc2ncn(C(C)C(=O)Nc3nc4ccccc4s3)c(=O)c2c1-c1ccccc1. The number of hydrogen-bond donors (Lipinski definition) is 1. The number of fused-ring (bicyclic) bond motifs is 2. The number of hydrogen-bond acceptors (Lipinski definition) is 6. The highest BCUT2D eigenvalue weighted by atomic mass is 32.1. The summed E-state index contributed by atoms with van der Waals surface area (Å²) in [6.07, 6.45) is 1.46. The van der Waals surface area contributed by atoms with E-state index in [4.69, 9.17) is 0 Å². The van der Waals surface area contributed by atoms with Gasteiger partial charge in [0, 0.05) is 10.4 Å². The summed E-state index contributed by atoms with van der Waals surface area (Å²) in [5.41, 5.74) is 2.46. The van der Waals surface area contributed by atoms with E-state index in [0.717, 1.165) is 26.2 Å². The van der Waals surface area contributed by atoms with Gasteiger partial charge in [0.05, 0.1) is 21.9 Å². The Bertz CT molecular complexity index is 1450. The Morgan fingerprint density at radius 2 is 1.81 bits per heavy atom. The van der Waals surface area contributed by atoms with Crippen molar-refractivity contribution in [2.75, 3.05) is 5.32 Å². The van der Waals surface area contributed by atoms with Crippen molar-refractivity contribution in [3.05, 3.63) is 76.2 Å². The minimum absolute atomic E-state index is 0.222. The van der Waals surface area contributed by atoms with Gasteiger partial charge in [0.1, 0.15) is 10.9 Å². The summed E-state index contributed by atoms with van der Waals surface area (Å²) in [6.45, 7) is 3.68. The molecule has 0 fully saturated rings. The van der Waals surface area contributed by atoms with E-state index in [2.05, 4.69) is 15.3 Å². The molecule has 1 amide bonds. The number of carbonyl (C=O) groups is 1. The fourth-order valence-electron chi connectivity index (χ4n) is 3.61. The number of carbonyl (C=O) groups excluding carboxylic acids is 1. The summed E-state index contributed by atoms with van der Waals surface area (Å²) >= 11 is 2.89. The maximum atomic E-state index is 13.4. The van der Waals surface area contributed by atoms with Crippen LogP contribution in [-0.4, -0.2) is 20.4 Å². The number of rotatable bonds is 4. The molecule has 2 aromatic carbocycles. The monoisotopic (exact) mass is 446 g/mol. The lowest BCUT2D eigenvalue weighted by molar-refractivity contribution is -0.118. The van der Waals surface area contributed by atoms with Crippen molar-refractivity contribution < 1.29 is 4.79 Å². The van der Waals surface area contributed by atoms with Crippen LogP contribution < -0.4 is 10.9 Å². The number of para-hydroxylation sites is 1.